The molecule has 0 aliphatic carbocycles. The third-order valence-corrected chi connectivity index (χ3v) is 4.31. The molecule has 0 aliphatic rings. The maximum atomic E-state index is 12.9. The van der Waals surface area contributed by atoms with Crippen LogP contribution in [0.3, 0.4) is 0 Å². The van der Waals surface area contributed by atoms with Crippen molar-refractivity contribution in [2.75, 3.05) is 6.61 Å². The summed E-state index contributed by atoms with van der Waals surface area (Å²) in [5, 5.41) is 0. The Bertz CT molecular complexity index is 848. The van der Waals surface area contributed by atoms with Gasteiger partial charge in [-0.05, 0) is 53.9 Å². The zero-order valence-corrected chi connectivity index (χ0v) is 17.4. The van der Waals surface area contributed by atoms with Gasteiger partial charge in [-0.3, -0.25) is 4.79 Å². The molecule has 4 heteroatoms. The lowest BCUT2D eigenvalue weighted by atomic mass is 10.2. The third-order valence-electron chi connectivity index (χ3n) is 4.31. The molecule has 0 heterocycles. The minimum absolute atomic E-state index is 0.276. The van der Waals surface area contributed by atoms with Crippen LogP contribution in [0.2, 0.25) is 0 Å². The summed E-state index contributed by atoms with van der Waals surface area (Å²) in [6, 6.07) is 23.3. The molecule has 3 rings (SSSR count). The molecule has 0 fully saturated rings. The first-order valence-electron chi connectivity index (χ1n) is 10.3. The predicted octanol–water partition coefficient (Wildman–Crippen LogP) is 6.61. The van der Waals surface area contributed by atoms with E-state index in [2.05, 4.69) is 19.1 Å². The zero-order chi connectivity index (χ0) is 21.4. The molecular weight excluding hydrogens is 379 g/mol. The second kappa shape index (κ2) is 14.1. The monoisotopic (exact) mass is 408 g/mol. The number of aldehydes is 1. The standard InChI is InChI=1S/C14H11FO2.C12H18O/c15-13-3-1-2-12(8-13)10-17-14-6-4-11(9-16)5-7-14;1-2-3-7-10-13-11-12-8-5-4-6-9-12/h1-9H,10H2;4-6,8-9H,2-3,7,10-11H2,1H3. The summed E-state index contributed by atoms with van der Waals surface area (Å²) in [4.78, 5) is 10.5. The first-order valence-corrected chi connectivity index (χ1v) is 10.3. The molecule has 158 valence electrons. The molecule has 0 saturated heterocycles. The van der Waals surface area contributed by atoms with Crippen LogP contribution in [-0.2, 0) is 18.0 Å². The largest absolute Gasteiger partial charge is 0.489 e. The van der Waals surface area contributed by atoms with Gasteiger partial charge in [0, 0.05) is 12.2 Å². The summed E-state index contributed by atoms with van der Waals surface area (Å²) in [5.74, 6) is 0.377. The van der Waals surface area contributed by atoms with Gasteiger partial charge < -0.3 is 9.47 Å². The lowest BCUT2D eigenvalue weighted by Gasteiger charge is -2.06. The van der Waals surface area contributed by atoms with E-state index in [0.29, 0.717) is 17.9 Å². The minimum Gasteiger partial charge on any atom is -0.489 e. The second-order valence-electron chi connectivity index (χ2n) is 6.85. The molecule has 30 heavy (non-hydrogen) atoms. The number of hydrogen-bond donors (Lipinski definition) is 0. The number of benzene rings is 3. The van der Waals surface area contributed by atoms with Gasteiger partial charge >= 0.3 is 0 Å². The van der Waals surface area contributed by atoms with Crippen molar-refractivity contribution >= 4 is 6.29 Å². The molecule has 3 aromatic carbocycles. The van der Waals surface area contributed by atoms with Crippen LogP contribution in [0.5, 0.6) is 5.75 Å². The Balaban J connectivity index is 0.000000222. The van der Waals surface area contributed by atoms with Crippen molar-refractivity contribution < 1.29 is 18.7 Å². The number of halogens is 1. The number of carbonyl (C=O) groups excluding carboxylic acids is 1. The van der Waals surface area contributed by atoms with Crippen molar-refractivity contribution in [3.63, 3.8) is 0 Å². The zero-order valence-electron chi connectivity index (χ0n) is 17.4. The van der Waals surface area contributed by atoms with Crippen LogP contribution in [-0.4, -0.2) is 12.9 Å². The van der Waals surface area contributed by atoms with E-state index in [9.17, 15) is 9.18 Å². The van der Waals surface area contributed by atoms with Crippen molar-refractivity contribution in [3.05, 3.63) is 101 Å². The Kier molecular flexibility index (Phi) is 10.9. The summed E-state index contributed by atoms with van der Waals surface area (Å²) >= 11 is 0. The maximum absolute atomic E-state index is 12.9. The van der Waals surface area contributed by atoms with E-state index < -0.39 is 0 Å². The molecule has 0 aromatic heterocycles. The van der Waals surface area contributed by atoms with Crippen LogP contribution in [0, 0.1) is 5.82 Å². The minimum atomic E-state index is -0.276. The average molecular weight is 409 g/mol. The van der Waals surface area contributed by atoms with E-state index in [-0.39, 0.29) is 5.82 Å². The van der Waals surface area contributed by atoms with E-state index >= 15 is 0 Å². The van der Waals surface area contributed by atoms with Gasteiger partial charge in [0.2, 0.25) is 0 Å². The van der Waals surface area contributed by atoms with E-state index in [1.54, 1.807) is 36.4 Å². The normalized spacial score (nSPS) is 10.1. The van der Waals surface area contributed by atoms with Crippen LogP contribution in [0.4, 0.5) is 4.39 Å². The Labute approximate surface area is 178 Å². The van der Waals surface area contributed by atoms with E-state index in [4.69, 9.17) is 9.47 Å². The molecule has 0 spiro atoms. The van der Waals surface area contributed by atoms with Crippen LogP contribution in [0.25, 0.3) is 0 Å². The lowest BCUT2D eigenvalue weighted by molar-refractivity contribution is 0.112. The van der Waals surface area contributed by atoms with Crippen molar-refractivity contribution in [1.29, 1.82) is 0 Å². The molecular formula is C26H29FO3. The predicted molar refractivity (Wildman–Crippen MR) is 118 cm³/mol. The first kappa shape index (κ1) is 23.3. The van der Waals surface area contributed by atoms with Crippen molar-refractivity contribution in [2.24, 2.45) is 0 Å². The summed E-state index contributed by atoms with van der Waals surface area (Å²) in [6.45, 7) is 4.16. The Morgan fingerprint density at radius 1 is 0.833 bits per heavy atom. The quantitative estimate of drug-likeness (QED) is 0.280. The van der Waals surface area contributed by atoms with Crippen LogP contribution in [0.1, 0.15) is 47.7 Å². The molecule has 0 unspecified atom stereocenters. The smallest absolute Gasteiger partial charge is 0.150 e. The summed E-state index contributed by atoms with van der Waals surface area (Å²) in [7, 11) is 0. The highest BCUT2D eigenvalue weighted by atomic mass is 19.1. The summed E-state index contributed by atoms with van der Waals surface area (Å²) in [5.41, 5.74) is 2.63. The van der Waals surface area contributed by atoms with Gasteiger partial charge in [0.05, 0.1) is 6.61 Å². The van der Waals surface area contributed by atoms with Crippen LogP contribution < -0.4 is 4.74 Å². The highest BCUT2D eigenvalue weighted by Crippen LogP contribution is 2.14. The Morgan fingerprint density at radius 3 is 2.23 bits per heavy atom. The van der Waals surface area contributed by atoms with Crippen molar-refractivity contribution in [3.8, 4) is 5.75 Å². The molecule has 0 bridgehead atoms. The van der Waals surface area contributed by atoms with E-state index in [1.165, 1.54) is 37.0 Å². The number of rotatable bonds is 10. The Morgan fingerprint density at radius 2 is 1.57 bits per heavy atom. The van der Waals surface area contributed by atoms with Crippen molar-refractivity contribution in [1.82, 2.24) is 0 Å². The van der Waals surface area contributed by atoms with Gasteiger partial charge in [0.1, 0.15) is 24.5 Å². The maximum Gasteiger partial charge on any atom is 0.150 e. The SMILES string of the molecule is CCCCCOCc1ccccc1.O=Cc1ccc(OCc2cccc(F)c2)cc1. The number of hydrogen-bond acceptors (Lipinski definition) is 3. The van der Waals surface area contributed by atoms with Gasteiger partial charge in [-0.1, -0.05) is 62.2 Å². The number of unbranched alkanes of at least 4 members (excludes halogenated alkanes) is 2. The van der Waals surface area contributed by atoms with Crippen LogP contribution in [0.15, 0.2) is 78.9 Å². The first-order chi connectivity index (χ1) is 14.7. The van der Waals surface area contributed by atoms with Gasteiger partial charge in [-0.25, -0.2) is 4.39 Å². The number of ether oxygens (including phenoxy) is 2. The summed E-state index contributed by atoms with van der Waals surface area (Å²) in [6.07, 6.45) is 4.49. The van der Waals surface area contributed by atoms with Gasteiger partial charge in [0.15, 0.2) is 0 Å². The van der Waals surface area contributed by atoms with E-state index in [1.807, 2.05) is 18.2 Å². The lowest BCUT2D eigenvalue weighted by Crippen LogP contribution is -1.95. The highest BCUT2D eigenvalue weighted by Gasteiger charge is 1.98. The Hall–Kier alpha value is -2.98. The average Bonchev–Trinajstić information content (AvgIpc) is 2.79. The molecule has 0 saturated carbocycles. The van der Waals surface area contributed by atoms with Crippen molar-refractivity contribution in [2.45, 2.75) is 39.4 Å². The molecule has 3 nitrogen and oxygen atoms in total. The fraction of sp³-hybridized carbons (Fsp3) is 0.269. The van der Waals surface area contributed by atoms with E-state index in [0.717, 1.165) is 25.1 Å². The topological polar surface area (TPSA) is 35.5 Å². The molecule has 0 N–H and O–H groups in total. The molecule has 3 aromatic rings. The molecule has 0 amide bonds. The van der Waals surface area contributed by atoms with Gasteiger partial charge in [-0.15, -0.1) is 0 Å². The van der Waals surface area contributed by atoms with Gasteiger partial charge in [-0.2, -0.15) is 0 Å². The van der Waals surface area contributed by atoms with Crippen LogP contribution >= 0.6 is 0 Å². The summed E-state index contributed by atoms with van der Waals surface area (Å²) < 4.78 is 23.9. The van der Waals surface area contributed by atoms with Gasteiger partial charge in [0.25, 0.3) is 0 Å². The highest BCUT2D eigenvalue weighted by molar-refractivity contribution is 5.74. The molecule has 0 atom stereocenters. The fourth-order valence-electron chi connectivity index (χ4n) is 2.65. The molecule has 0 aliphatic heterocycles. The third kappa shape index (κ3) is 9.48. The molecule has 0 radical (unpaired) electrons. The second-order valence-corrected chi connectivity index (χ2v) is 6.85. The fourth-order valence-corrected chi connectivity index (χ4v) is 2.65. The number of carbonyl (C=O) groups is 1.